The monoisotopic (exact) mass is 300 g/mol. The van der Waals surface area contributed by atoms with E-state index in [4.69, 9.17) is 14.7 Å². The van der Waals surface area contributed by atoms with Crippen LogP contribution >= 0.6 is 0 Å². The molecule has 1 N–H and O–H groups in total. The maximum Gasteiger partial charge on any atom is 0.163 e. The van der Waals surface area contributed by atoms with Crippen molar-refractivity contribution in [1.82, 2.24) is 0 Å². The fourth-order valence-electron chi connectivity index (χ4n) is 2.17. The Kier molecular flexibility index (Phi) is 4.84. The summed E-state index contributed by atoms with van der Waals surface area (Å²) >= 11 is 0. The first-order valence-corrected chi connectivity index (χ1v) is 6.77. The summed E-state index contributed by atoms with van der Waals surface area (Å²) in [4.78, 5) is 0. The minimum absolute atomic E-state index is 0.271. The second-order valence-electron chi connectivity index (χ2n) is 4.78. The molecular weight excluding hydrogens is 283 g/mol. The number of ether oxygens (including phenoxy) is 2. The molecule has 2 aromatic rings. The normalized spacial score (nSPS) is 11.4. The molecule has 1 unspecified atom stereocenters. The number of benzene rings is 2. The molecule has 0 amide bonds. The number of rotatable bonds is 5. The zero-order valence-electron chi connectivity index (χ0n) is 12.7. The highest BCUT2D eigenvalue weighted by atomic mass is 19.1. The molecule has 2 rings (SSSR count). The van der Waals surface area contributed by atoms with Crippen molar-refractivity contribution in [3.05, 3.63) is 53.3 Å². The van der Waals surface area contributed by atoms with Crippen LogP contribution in [-0.4, -0.2) is 14.2 Å². The van der Waals surface area contributed by atoms with E-state index in [1.165, 1.54) is 20.3 Å². The van der Waals surface area contributed by atoms with Gasteiger partial charge < -0.3 is 14.8 Å². The second kappa shape index (κ2) is 6.81. The summed E-state index contributed by atoms with van der Waals surface area (Å²) in [5.74, 6) is 0.466. The van der Waals surface area contributed by atoms with E-state index >= 15 is 0 Å². The highest BCUT2D eigenvalue weighted by Crippen LogP contribution is 2.33. The van der Waals surface area contributed by atoms with E-state index in [9.17, 15) is 4.39 Å². The van der Waals surface area contributed by atoms with E-state index in [0.29, 0.717) is 22.6 Å². The molecule has 0 bridgehead atoms. The van der Waals surface area contributed by atoms with Gasteiger partial charge in [-0.3, -0.25) is 0 Å². The molecule has 5 heteroatoms. The summed E-state index contributed by atoms with van der Waals surface area (Å²) < 4.78 is 24.5. The Morgan fingerprint density at radius 3 is 2.23 bits per heavy atom. The molecule has 0 radical (unpaired) electrons. The van der Waals surface area contributed by atoms with E-state index in [-0.39, 0.29) is 11.9 Å². The fourth-order valence-corrected chi connectivity index (χ4v) is 2.17. The van der Waals surface area contributed by atoms with Gasteiger partial charge >= 0.3 is 0 Å². The minimum atomic E-state index is -0.369. The molecule has 0 saturated heterocycles. The van der Waals surface area contributed by atoms with Crippen molar-refractivity contribution in [2.24, 2.45) is 0 Å². The summed E-state index contributed by atoms with van der Waals surface area (Å²) in [5.41, 5.74) is 1.86. The molecule has 0 fully saturated rings. The van der Waals surface area contributed by atoms with Crippen LogP contribution in [0.3, 0.4) is 0 Å². The zero-order chi connectivity index (χ0) is 16.1. The van der Waals surface area contributed by atoms with Crippen molar-refractivity contribution in [2.75, 3.05) is 19.5 Å². The molecule has 1 atom stereocenters. The molecule has 0 aliphatic carbocycles. The van der Waals surface area contributed by atoms with Crippen LogP contribution in [0.5, 0.6) is 11.5 Å². The summed E-state index contributed by atoms with van der Waals surface area (Å²) in [7, 11) is 2.98. The van der Waals surface area contributed by atoms with Gasteiger partial charge in [0.25, 0.3) is 0 Å². The number of nitriles is 1. The Labute approximate surface area is 129 Å². The molecule has 0 aromatic heterocycles. The van der Waals surface area contributed by atoms with Gasteiger partial charge in [0.2, 0.25) is 0 Å². The van der Waals surface area contributed by atoms with Crippen molar-refractivity contribution in [3.63, 3.8) is 0 Å². The predicted octanol–water partition coefficient (Wildman–Crippen LogP) is 3.89. The van der Waals surface area contributed by atoms with E-state index in [1.807, 2.05) is 6.92 Å². The summed E-state index contributed by atoms with van der Waals surface area (Å²) in [6, 6.07) is 11.7. The average molecular weight is 300 g/mol. The topological polar surface area (TPSA) is 54.3 Å². The molecular formula is C17H17FN2O2. The third-order valence-corrected chi connectivity index (χ3v) is 3.37. The molecule has 0 heterocycles. The lowest BCUT2D eigenvalue weighted by Gasteiger charge is -2.18. The molecule has 0 spiro atoms. The van der Waals surface area contributed by atoms with E-state index in [0.717, 1.165) is 5.69 Å². The van der Waals surface area contributed by atoms with Crippen LogP contribution in [0.15, 0.2) is 36.4 Å². The van der Waals surface area contributed by atoms with Crippen molar-refractivity contribution in [3.8, 4) is 17.6 Å². The Bertz CT molecular complexity index is 693. The van der Waals surface area contributed by atoms with Gasteiger partial charge in [-0.1, -0.05) is 0 Å². The van der Waals surface area contributed by atoms with Gasteiger partial charge in [0.05, 0.1) is 31.9 Å². The smallest absolute Gasteiger partial charge is 0.163 e. The van der Waals surface area contributed by atoms with Gasteiger partial charge in [0.15, 0.2) is 11.5 Å². The van der Waals surface area contributed by atoms with Crippen molar-refractivity contribution in [2.45, 2.75) is 13.0 Å². The van der Waals surface area contributed by atoms with E-state index < -0.39 is 0 Å². The van der Waals surface area contributed by atoms with Crippen LogP contribution in [-0.2, 0) is 0 Å². The first kappa shape index (κ1) is 15.6. The summed E-state index contributed by atoms with van der Waals surface area (Å²) in [5, 5.41) is 12.0. The Morgan fingerprint density at radius 2 is 1.68 bits per heavy atom. The highest BCUT2D eigenvalue weighted by Gasteiger charge is 2.16. The predicted molar refractivity (Wildman–Crippen MR) is 82.7 cm³/mol. The molecule has 0 aliphatic rings. The number of anilines is 1. The number of hydrogen-bond donors (Lipinski definition) is 1. The van der Waals surface area contributed by atoms with Gasteiger partial charge in [-0.25, -0.2) is 4.39 Å². The Hall–Kier alpha value is -2.74. The molecule has 0 aliphatic heterocycles. The maximum absolute atomic E-state index is 14.2. The molecule has 4 nitrogen and oxygen atoms in total. The lowest BCUT2D eigenvalue weighted by atomic mass is 10.1. The zero-order valence-corrected chi connectivity index (χ0v) is 12.7. The van der Waals surface area contributed by atoms with Crippen molar-refractivity contribution in [1.29, 1.82) is 5.26 Å². The third-order valence-electron chi connectivity index (χ3n) is 3.37. The Morgan fingerprint density at radius 1 is 1.09 bits per heavy atom. The maximum atomic E-state index is 14.2. The first-order chi connectivity index (χ1) is 10.6. The SMILES string of the molecule is COc1cc(F)c(C(C)Nc2ccc(C#N)cc2)cc1OC. The van der Waals surface area contributed by atoms with Crippen LogP contribution in [0.1, 0.15) is 24.1 Å². The number of hydrogen-bond acceptors (Lipinski definition) is 4. The van der Waals surface area contributed by atoms with Gasteiger partial charge in [0.1, 0.15) is 5.82 Å². The van der Waals surface area contributed by atoms with Crippen LogP contribution in [0.25, 0.3) is 0 Å². The van der Waals surface area contributed by atoms with Gasteiger partial charge in [-0.2, -0.15) is 5.26 Å². The Balaban J connectivity index is 2.24. The molecule has 22 heavy (non-hydrogen) atoms. The lowest BCUT2D eigenvalue weighted by molar-refractivity contribution is 0.351. The van der Waals surface area contributed by atoms with Gasteiger partial charge in [-0.15, -0.1) is 0 Å². The van der Waals surface area contributed by atoms with Crippen molar-refractivity contribution < 1.29 is 13.9 Å². The summed E-state index contributed by atoms with van der Waals surface area (Å²) in [6.07, 6.45) is 0. The minimum Gasteiger partial charge on any atom is -0.493 e. The number of methoxy groups -OCH3 is 2. The van der Waals surface area contributed by atoms with Crippen LogP contribution in [0.2, 0.25) is 0 Å². The quantitative estimate of drug-likeness (QED) is 0.910. The third kappa shape index (κ3) is 3.29. The standard InChI is InChI=1S/C17H17FN2O2/c1-11(20-13-6-4-12(10-19)5-7-13)14-8-16(21-2)17(22-3)9-15(14)18/h4-9,11,20H,1-3H3. The average Bonchev–Trinajstić information content (AvgIpc) is 2.55. The lowest BCUT2D eigenvalue weighted by Crippen LogP contribution is -2.09. The first-order valence-electron chi connectivity index (χ1n) is 6.77. The molecule has 2 aromatic carbocycles. The van der Waals surface area contributed by atoms with Crippen LogP contribution in [0.4, 0.5) is 10.1 Å². The molecule has 0 saturated carbocycles. The van der Waals surface area contributed by atoms with Gasteiger partial charge in [-0.05, 0) is 37.3 Å². The summed E-state index contributed by atoms with van der Waals surface area (Å²) in [6.45, 7) is 1.85. The number of halogens is 1. The highest BCUT2D eigenvalue weighted by molar-refractivity contribution is 5.51. The van der Waals surface area contributed by atoms with Crippen LogP contribution < -0.4 is 14.8 Å². The van der Waals surface area contributed by atoms with Gasteiger partial charge in [0, 0.05) is 17.3 Å². The van der Waals surface area contributed by atoms with Crippen LogP contribution in [0, 0.1) is 17.1 Å². The van der Waals surface area contributed by atoms with Crippen molar-refractivity contribution >= 4 is 5.69 Å². The molecule has 114 valence electrons. The second-order valence-corrected chi connectivity index (χ2v) is 4.78. The fraction of sp³-hybridized carbons (Fsp3) is 0.235. The van der Waals surface area contributed by atoms with E-state index in [1.54, 1.807) is 30.3 Å². The number of nitrogens with one attached hydrogen (secondary N) is 1. The van der Waals surface area contributed by atoms with E-state index in [2.05, 4.69) is 11.4 Å². The largest absolute Gasteiger partial charge is 0.493 e. The number of nitrogens with zero attached hydrogens (tertiary/aromatic N) is 1.